The molecule has 0 bridgehead atoms. The van der Waals surface area contributed by atoms with Crippen molar-refractivity contribution in [3.8, 4) is 0 Å². The minimum Gasteiger partial charge on any atom is -0.349 e. The van der Waals surface area contributed by atoms with Crippen LogP contribution in [0.15, 0.2) is 42.5 Å². The van der Waals surface area contributed by atoms with Crippen LogP contribution in [0.4, 0.5) is 5.69 Å². The molecule has 0 unspecified atom stereocenters. The van der Waals surface area contributed by atoms with Crippen molar-refractivity contribution in [2.24, 2.45) is 0 Å². The molecular formula is C18H19N3O3. The molecule has 1 heterocycles. The lowest BCUT2D eigenvalue weighted by Crippen LogP contribution is -2.31. The van der Waals surface area contributed by atoms with Crippen molar-refractivity contribution in [1.29, 1.82) is 0 Å². The Hall–Kier alpha value is -3.02. The molecule has 2 aromatic rings. The number of carbonyl (C=O) groups excluding carboxylic acids is 3. The van der Waals surface area contributed by atoms with Gasteiger partial charge in [0, 0.05) is 17.3 Å². The molecular weight excluding hydrogens is 306 g/mol. The zero-order valence-corrected chi connectivity index (χ0v) is 13.8. The van der Waals surface area contributed by atoms with Crippen molar-refractivity contribution in [2.75, 3.05) is 5.32 Å². The van der Waals surface area contributed by atoms with Gasteiger partial charge in [-0.3, -0.25) is 14.4 Å². The van der Waals surface area contributed by atoms with Gasteiger partial charge in [-0.15, -0.1) is 0 Å². The molecule has 0 aliphatic carbocycles. The van der Waals surface area contributed by atoms with Gasteiger partial charge in [0.1, 0.15) is 11.4 Å². The molecule has 0 saturated carbocycles. The normalized spacial score (nSPS) is 10.3. The summed E-state index contributed by atoms with van der Waals surface area (Å²) in [7, 11) is 0. The summed E-state index contributed by atoms with van der Waals surface area (Å²) in [5.41, 5.74) is 1.44. The molecule has 0 saturated heterocycles. The summed E-state index contributed by atoms with van der Waals surface area (Å²) in [6, 6.07) is 11.2. The Balaban J connectivity index is 2.12. The lowest BCUT2D eigenvalue weighted by molar-refractivity contribution is 0.0937. The van der Waals surface area contributed by atoms with Crippen LogP contribution < -0.4 is 10.6 Å². The lowest BCUT2D eigenvalue weighted by atomic mass is 10.1. The number of amides is 2. The van der Waals surface area contributed by atoms with Crippen LogP contribution in [0.1, 0.15) is 52.1 Å². The molecule has 1 aromatic carbocycles. The van der Waals surface area contributed by atoms with Gasteiger partial charge in [-0.1, -0.05) is 6.07 Å². The van der Waals surface area contributed by atoms with Gasteiger partial charge in [-0.25, -0.2) is 4.98 Å². The summed E-state index contributed by atoms with van der Waals surface area (Å²) >= 11 is 0. The molecule has 2 amide bonds. The van der Waals surface area contributed by atoms with E-state index < -0.39 is 5.91 Å². The van der Waals surface area contributed by atoms with Gasteiger partial charge in [-0.2, -0.15) is 0 Å². The third-order valence-corrected chi connectivity index (χ3v) is 3.18. The van der Waals surface area contributed by atoms with E-state index in [-0.39, 0.29) is 29.1 Å². The Morgan fingerprint density at radius 1 is 0.917 bits per heavy atom. The van der Waals surface area contributed by atoms with Crippen molar-refractivity contribution in [3.05, 3.63) is 59.4 Å². The first-order valence-corrected chi connectivity index (χ1v) is 7.57. The number of benzene rings is 1. The van der Waals surface area contributed by atoms with Crippen LogP contribution in [0.5, 0.6) is 0 Å². The molecule has 0 spiro atoms. The molecule has 124 valence electrons. The molecule has 0 fully saturated rings. The van der Waals surface area contributed by atoms with Gasteiger partial charge in [-0.05, 0) is 57.2 Å². The first-order valence-electron chi connectivity index (χ1n) is 7.57. The van der Waals surface area contributed by atoms with Gasteiger partial charge in [0.25, 0.3) is 11.8 Å². The second-order valence-corrected chi connectivity index (χ2v) is 5.62. The highest BCUT2D eigenvalue weighted by Crippen LogP contribution is 2.11. The summed E-state index contributed by atoms with van der Waals surface area (Å²) < 4.78 is 0. The van der Waals surface area contributed by atoms with Gasteiger partial charge < -0.3 is 10.6 Å². The van der Waals surface area contributed by atoms with Crippen molar-refractivity contribution in [2.45, 2.75) is 26.8 Å². The maximum absolute atomic E-state index is 12.3. The number of anilines is 1. The van der Waals surface area contributed by atoms with Gasteiger partial charge >= 0.3 is 0 Å². The molecule has 6 heteroatoms. The fraction of sp³-hybridized carbons (Fsp3) is 0.222. The highest BCUT2D eigenvalue weighted by molar-refractivity contribution is 6.04. The Morgan fingerprint density at radius 2 is 1.50 bits per heavy atom. The van der Waals surface area contributed by atoms with E-state index in [9.17, 15) is 14.4 Å². The third kappa shape index (κ3) is 4.49. The molecule has 1 aromatic heterocycles. The van der Waals surface area contributed by atoms with Crippen LogP contribution in [0.2, 0.25) is 0 Å². The number of carbonyl (C=O) groups is 3. The van der Waals surface area contributed by atoms with Crippen molar-refractivity contribution in [1.82, 2.24) is 10.3 Å². The summed E-state index contributed by atoms with van der Waals surface area (Å²) in [4.78, 5) is 39.5. The van der Waals surface area contributed by atoms with Crippen LogP contribution >= 0.6 is 0 Å². The molecule has 0 aliphatic heterocycles. The third-order valence-electron chi connectivity index (χ3n) is 3.18. The van der Waals surface area contributed by atoms with Crippen LogP contribution in [0.25, 0.3) is 0 Å². The van der Waals surface area contributed by atoms with Gasteiger partial charge in [0.15, 0.2) is 5.78 Å². The zero-order chi connectivity index (χ0) is 17.7. The average Bonchev–Trinajstić information content (AvgIpc) is 2.54. The molecule has 6 nitrogen and oxygen atoms in total. The standard InChI is InChI=1S/C18H19N3O3/c1-11(2)19-17(23)15-5-4-6-16(21-15)18(24)20-14-9-7-13(8-10-14)12(3)22/h4-11H,1-3H3,(H,19,23)(H,20,24). The minimum absolute atomic E-state index is 0.0171. The minimum atomic E-state index is -0.426. The summed E-state index contributed by atoms with van der Waals surface area (Å²) in [6.45, 7) is 5.17. The largest absolute Gasteiger partial charge is 0.349 e. The number of pyridine rings is 1. The summed E-state index contributed by atoms with van der Waals surface area (Å²) in [6.07, 6.45) is 0. The predicted octanol–water partition coefficient (Wildman–Crippen LogP) is 2.67. The van der Waals surface area contributed by atoms with E-state index in [0.717, 1.165) is 0 Å². The van der Waals surface area contributed by atoms with E-state index in [4.69, 9.17) is 0 Å². The Morgan fingerprint density at radius 3 is 2.04 bits per heavy atom. The molecule has 2 N–H and O–H groups in total. The first-order chi connectivity index (χ1) is 11.4. The predicted molar refractivity (Wildman–Crippen MR) is 91.2 cm³/mol. The number of aromatic nitrogens is 1. The van der Waals surface area contributed by atoms with E-state index in [1.807, 2.05) is 13.8 Å². The number of Topliss-reactive ketones (excluding diaryl/α,β-unsaturated/α-hetero) is 1. The SMILES string of the molecule is CC(=O)c1ccc(NC(=O)c2cccc(C(=O)NC(C)C)n2)cc1. The molecule has 2 rings (SSSR count). The summed E-state index contributed by atoms with van der Waals surface area (Å²) in [5.74, 6) is -0.798. The molecule has 0 radical (unpaired) electrons. The molecule has 0 atom stereocenters. The van der Waals surface area contributed by atoms with Crippen LogP contribution in [-0.4, -0.2) is 28.6 Å². The highest BCUT2D eigenvalue weighted by atomic mass is 16.2. The lowest BCUT2D eigenvalue weighted by Gasteiger charge is -2.09. The van der Waals surface area contributed by atoms with Crippen LogP contribution in [-0.2, 0) is 0 Å². The Bertz CT molecular complexity index is 767. The van der Waals surface area contributed by atoms with Crippen molar-refractivity contribution in [3.63, 3.8) is 0 Å². The maximum atomic E-state index is 12.3. The number of hydrogen-bond donors (Lipinski definition) is 2. The molecule has 24 heavy (non-hydrogen) atoms. The van der Waals surface area contributed by atoms with Gasteiger partial charge in [0.2, 0.25) is 0 Å². The van der Waals surface area contributed by atoms with Gasteiger partial charge in [0.05, 0.1) is 0 Å². The van der Waals surface area contributed by atoms with Crippen molar-refractivity contribution >= 4 is 23.3 Å². The number of rotatable bonds is 5. The van der Waals surface area contributed by atoms with E-state index >= 15 is 0 Å². The van der Waals surface area contributed by atoms with Crippen LogP contribution in [0, 0.1) is 0 Å². The number of hydrogen-bond acceptors (Lipinski definition) is 4. The average molecular weight is 325 g/mol. The second kappa shape index (κ2) is 7.50. The van der Waals surface area contributed by atoms with E-state index in [2.05, 4.69) is 15.6 Å². The smallest absolute Gasteiger partial charge is 0.274 e. The zero-order valence-electron chi connectivity index (χ0n) is 13.8. The maximum Gasteiger partial charge on any atom is 0.274 e. The van der Waals surface area contributed by atoms with Crippen LogP contribution in [0.3, 0.4) is 0 Å². The quantitative estimate of drug-likeness (QED) is 0.827. The highest BCUT2D eigenvalue weighted by Gasteiger charge is 2.13. The van der Waals surface area contributed by atoms with E-state index in [1.54, 1.807) is 36.4 Å². The number of nitrogens with zero attached hydrogens (tertiary/aromatic N) is 1. The topological polar surface area (TPSA) is 88.2 Å². The second-order valence-electron chi connectivity index (χ2n) is 5.62. The fourth-order valence-electron chi connectivity index (χ4n) is 2.01. The van der Waals surface area contributed by atoms with E-state index in [1.165, 1.54) is 13.0 Å². The summed E-state index contributed by atoms with van der Waals surface area (Å²) in [5, 5.41) is 5.41. The number of ketones is 1. The first kappa shape index (κ1) is 17.3. The number of nitrogens with one attached hydrogen (secondary N) is 2. The Kier molecular flexibility index (Phi) is 5.42. The Labute approximate surface area is 140 Å². The monoisotopic (exact) mass is 325 g/mol. The van der Waals surface area contributed by atoms with E-state index in [0.29, 0.717) is 11.3 Å². The van der Waals surface area contributed by atoms with Crippen molar-refractivity contribution < 1.29 is 14.4 Å². The fourth-order valence-corrected chi connectivity index (χ4v) is 2.01. The molecule has 0 aliphatic rings.